The number of hydrogen-bond acceptors (Lipinski definition) is 3. The molecule has 0 aliphatic rings. The van der Waals surface area contributed by atoms with Crippen LogP contribution in [0.25, 0.3) is 16.8 Å². The maximum atomic E-state index is 10.7. The van der Waals surface area contributed by atoms with Crippen molar-refractivity contribution in [1.29, 1.82) is 0 Å². The number of fused-ring (bicyclic) bond motifs is 1. The van der Waals surface area contributed by atoms with Gasteiger partial charge in [0, 0.05) is 10.5 Å². The van der Waals surface area contributed by atoms with Crippen molar-refractivity contribution >= 4 is 38.7 Å². The summed E-state index contributed by atoms with van der Waals surface area (Å²) in [6, 6.07) is 15.6. The summed E-state index contributed by atoms with van der Waals surface area (Å²) in [4.78, 5) is 10.7. The van der Waals surface area contributed by atoms with Crippen molar-refractivity contribution in [2.24, 2.45) is 5.73 Å². The highest BCUT2D eigenvalue weighted by Crippen LogP contribution is 2.24. The summed E-state index contributed by atoms with van der Waals surface area (Å²) in [6.45, 7) is 0.312. The Morgan fingerprint density at radius 1 is 1.13 bits per heavy atom. The molecule has 0 spiro atoms. The van der Waals surface area contributed by atoms with E-state index in [1.165, 1.54) is 12.2 Å². The second-order valence-electron chi connectivity index (χ2n) is 4.98. The van der Waals surface area contributed by atoms with Crippen LogP contribution in [0.1, 0.15) is 11.5 Å². The smallest absolute Gasteiger partial charge is 0.241 e. The number of halogens is 1. The number of ether oxygens (including phenoxy) is 1. The Balaban J connectivity index is 1.68. The number of carbonyl (C=O) groups is 1. The monoisotopic (exact) mass is 371 g/mol. The number of benzene rings is 2. The third-order valence-electron chi connectivity index (χ3n) is 3.25. The van der Waals surface area contributed by atoms with E-state index < -0.39 is 5.91 Å². The van der Waals surface area contributed by atoms with Gasteiger partial charge in [-0.25, -0.2) is 0 Å². The van der Waals surface area contributed by atoms with Crippen LogP contribution in [0, 0.1) is 0 Å². The number of amides is 1. The van der Waals surface area contributed by atoms with Crippen LogP contribution in [0.4, 0.5) is 0 Å². The molecular weight excluding hydrogens is 358 g/mol. The van der Waals surface area contributed by atoms with Crippen LogP contribution in [-0.4, -0.2) is 5.91 Å². The standard InChI is InChI=1S/C18H14BrNO3/c19-14-3-1-13-10-16(4-2-12(13)9-14)22-11-17-6-5-15(23-17)7-8-18(20)21/h1-10H,11H2,(H2,20,21)/b8-7-. The highest BCUT2D eigenvalue weighted by atomic mass is 79.9. The molecule has 1 amide bonds. The predicted molar refractivity (Wildman–Crippen MR) is 92.9 cm³/mol. The zero-order valence-electron chi connectivity index (χ0n) is 12.2. The van der Waals surface area contributed by atoms with Crippen LogP contribution < -0.4 is 10.5 Å². The maximum Gasteiger partial charge on any atom is 0.241 e. The molecule has 116 valence electrons. The van der Waals surface area contributed by atoms with E-state index in [1.807, 2.05) is 30.3 Å². The molecule has 0 fully saturated rings. The van der Waals surface area contributed by atoms with Crippen molar-refractivity contribution in [2.75, 3.05) is 0 Å². The van der Waals surface area contributed by atoms with E-state index in [0.717, 1.165) is 21.0 Å². The molecule has 2 aromatic carbocycles. The van der Waals surface area contributed by atoms with Gasteiger partial charge in [0.2, 0.25) is 5.91 Å². The summed E-state index contributed by atoms with van der Waals surface area (Å²) in [5, 5.41) is 2.25. The average Bonchev–Trinajstić information content (AvgIpc) is 2.99. The van der Waals surface area contributed by atoms with Gasteiger partial charge in [0.1, 0.15) is 23.9 Å². The molecule has 0 radical (unpaired) electrons. The normalized spacial score (nSPS) is 11.2. The summed E-state index contributed by atoms with van der Waals surface area (Å²) < 4.78 is 12.3. The van der Waals surface area contributed by atoms with Crippen molar-refractivity contribution in [3.05, 3.63) is 70.6 Å². The number of nitrogens with two attached hydrogens (primary N) is 1. The van der Waals surface area contributed by atoms with Gasteiger partial charge >= 0.3 is 0 Å². The van der Waals surface area contributed by atoms with Crippen molar-refractivity contribution in [1.82, 2.24) is 0 Å². The lowest BCUT2D eigenvalue weighted by Gasteiger charge is -2.06. The Bertz CT molecular complexity index is 883. The lowest BCUT2D eigenvalue weighted by molar-refractivity contribution is -0.113. The first kappa shape index (κ1) is 15.4. The summed E-state index contributed by atoms with van der Waals surface area (Å²) in [5.41, 5.74) is 5.04. The molecule has 5 heteroatoms. The fourth-order valence-corrected chi connectivity index (χ4v) is 2.54. The van der Waals surface area contributed by atoms with Gasteiger partial charge in [-0.2, -0.15) is 0 Å². The lowest BCUT2D eigenvalue weighted by Crippen LogP contribution is -2.04. The van der Waals surface area contributed by atoms with Crippen molar-refractivity contribution < 1.29 is 13.9 Å². The molecule has 3 aromatic rings. The van der Waals surface area contributed by atoms with Gasteiger partial charge in [0.05, 0.1) is 0 Å². The second kappa shape index (κ2) is 6.71. The first-order chi connectivity index (χ1) is 11.1. The number of hydrogen-bond donors (Lipinski definition) is 1. The summed E-state index contributed by atoms with van der Waals surface area (Å²) >= 11 is 3.46. The zero-order valence-corrected chi connectivity index (χ0v) is 13.7. The molecule has 23 heavy (non-hydrogen) atoms. The van der Waals surface area contributed by atoms with Crippen LogP contribution in [0.3, 0.4) is 0 Å². The fourth-order valence-electron chi connectivity index (χ4n) is 2.16. The third kappa shape index (κ3) is 4.02. The minimum absolute atomic E-state index is 0.312. The Labute approximate surface area is 141 Å². The van der Waals surface area contributed by atoms with Gasteiger partial charge in [-0.3, -0.25) is 4.79 Å². The van der Waals surface area contributed by atoms with E-state index in [-0.39, 0.29) is 0 Å². The predicted octanol–water partition coefficient (Wildman–Crippen LogP) is 4.27. The molecular formula is C18H14BrNO3. The molecule has 2 N–H and O–H groups in total. The largest absolute Gasteiger partial charge is 0.486 e. The van der Waals surface area contributed by atoms with E-state index in [0.29, 0.717) is 18.1 Å². The van der Waals surface area contributed by atoms with Crippen LogP contribution in [-0.2, 0) is 11.4 Å². The third-order valence-corrected chi connectivity index (χ3v) is 3.74. The molecule has 1 aromatic heterocycles. The first-order valence-corrected chi connectivity index (χ1v) is 7.78. The topological polar surface area (TPSA) is 65.5 Å². The minimum atomic E-state index is -0.512. The number of primary amides is 1. The molecule has 0 bridgehead atoms. The van der Waals surface area contributed by atoms with E-state index in [9.17, 15) is 4.79 Å². The molecule has 0 aliphatic carbocycles. The van der Waals surface area contributed by atoms with Gasteiger partial charge in [0.25, 0.3) is 0 Å². The molecule has 0 aliphatic heterocycles. The highest BCUT2D eigenvalue weighted by Gasteiger charge is 2.03. The van der Waals surface area contributed by atoms with E-state index in [1.54, 1.807) is 12.1 Å². The van der Waals surface area contributed by atoms with Crippen molar-refractivity contribution in [2.45, 2.75) is 6.61 Å². The Kier molecular flexibility index (Phi) is 4.48. The fraction of sp³-hybridized carbons (Fsp3) is 0.0556. The molecule has 3 rings (SSSR count). The quantitative estimate of drug-likeness (QED) is 0.680. The zero-order chi connectivity index (χ0) is 16.2. The minimum Gasteiger partial charge on any atom is -0.486 e. The number of rotatable bonds is 5. The Morgan fingerprint density at radius 3 is 2.74 bits per heavy atom. The number of carbonyl (C=O) groups excluding carboxylic acids is 1. The Hall–Kier alpha value is -2.53. The lowest BCUT2D eigenvalue weighted by atomic mass is 10.1. The SMILES string of the molecule is NC(=O)/C=C\c1ccc(COc2ccc3cc(Br)ccc3c2)o1. The van der Waals surface area contributed by atoms with Crippen LogP contribution in [0.15, 0.2) is 63.5 Å². The van der Waals surface area contributed by atoms with Gasteiger partial charge in [-0.05, 0) is 53.2 Å². The van der Waals surface area contributed by atoms with Gasteiger partial charge in [-0.1, -0.05) is 28.1 Å². The molecule has 0 saturated carbocycles. The van der Waals surface area contributed by atoms with E-state index in [2.05, 4.69) is 22.0 Å². The van der Waals surface area contributed by atoms with Gasteiger partial charge in [0.15, 0.2) is 0 Å². The first-order valence-electron chi connectivity index (χ1n) is 6.98. The average molecular weight is 372 g/mol. The van der Waals surface area contributed by atoms with Gasteiger partial charge < -0.3 is 14.9 Å². The summed E-state index contributed by atoms with van der Waals surface area (Å²) in [7, 11) is 0. The molecule has 0 saturated heterocycles. The molecule has 4 nitrogen and oxygen atoms in total. The molecule has 1 heterocycles. The van der Waals surface area contributed by atoms with Crippen LogP contribution in [0.5, 0.6) is 5.75 Å². The van der Waals surface area contributed by atoms with E-state index in [4.69, 9.17) is 14.9 Å². The summed E-state index contributed by atoms with van der Waals surface area (Å²) in [6.07, 6.45) is 2.78. The van der Waals surface area contributed by atoms with Crippen LogP contribution in [0.2, 0.25) is 0 Å². The van der Waals surface area contributed by atoms with Crippen molar-refractivity contribution in [3.8, 4) is 5.75 Å². The highest BCUT2D eigenvalue weighted by molar-refractivity contribution is 9.10. The van der Waals surface area contributed by atoms with E-state index >= 15 is 0 Å². The summed E-state index contributed by atoms with van der Waals surface area (Å²) in [5.74, 6) is 1.49. The van der Waals surface area contributed by atoms with Crippen molar-refractivity contribution in [3.63, 3.8) is 0 Å². The molecule has 0 atom stereocenters. The van der Waals surface area contributed by atoms with Crippen LogP contribution >= 0.6 is 15.9 Å². The number of furan rings is 1. The Morgan fingerprint density at radius 2 is 1.91 bits per heavy atom. The maximum absolute atomic E-state index is 10.7. The second-order valence-corrected chi connectivity index (χ2v) is 5.90. The van der Waals surface area contributed by atoms with Gasteiger partial charge in [-0.15, -0.1) is 0 Å². The molecule has 0 unspecified atom stereocenters.